The number of nitrogens with one attached hydrogen (secondary N) is 1. The second kappa shape index (κ2) is 2.62. The second-order valence-corrected chi connectivity index (χ2v) is 2.94. The summed E-state index contributed by atoms with van der Waals surface area (Å²) in [5.74, 6) is 0. The zero-order valence-corrected chi connectivity index (χ0v) is 7.57. The monoisotopic (exact) mass is 177 g/mol. The molecule has 5 nitrogen and oxygen atoms in total. The molecule has 0 spiro atoms. The van der Waals surface area contributed by atoms with Gasteiger partial charge in [0, 0.05) is 13.2 Å². The molecule has 0 aliphatic heterocycles. The number of aromatic nitrogens is 4. The number of hydrogen-bond acceptors (Lipinski definition) is 3. The fourth-order valence-electron chi connectivity index (χ4n) is 1.38. The van der Waals surface area contributed by atoms with Gasteiger partial charge >= 0.3 is 0 Å². The molecule has 0 aliphatic carbocycles. The first kappa shape index (κ1) is 7.85. The molecule has 2 aromatic rings. The molecule has 0 fully saturated rings. The van der Waals surface area contributed by atoms with Crippen molar-refractivity contribution in [2.45, 2.75) is 6.92 Å². The summed E-state index contributed by atoms with van der Waals surface area (Å²) in [5, 5.41) is 10.9. The third-order valence-corrected chi connectivity index (χ3v) is 2.02. The number of nitrogens with two attached hydrogens (primary N) is 1. The summed E-state index contributed by atoms with van der Waals surface area (Å²) in [7, 11) is 1.86. The van der Waals surface area contributed by atoms with E-state index in [1.807, 2.05) is 20.0 Å². The average molecular weight is 177 g/mol. The van der Waals surface area contributed by atoms with E-state index < -0.39 is 0 Å². The normalized spacial score (nSPS) is 10.6. The number of aromatic amines is 1. The summed E-state index contributed by atoms with van der Waals surface area (Å²) in [5.41, 5.74) is 9.18. The maximum absolute atomic E-state index is 5.86. The average Bonchev–Trinajstić information content (AvgIpc) is 2.63. The van der Waals surface area contributed by atoms with Gasteiger partial charge in [0.25, 0.3) is 0 Å². The van der Waals surface area contributed by atoms with E-state index in [2.05, 4.69) is 15.3 Å². The SMILES string of the molecule is Cc1nn(C)c(-c2ccn[nH]2)c1N. The summed E-state index contributed by atoms with van der Waals surface area (Å²) >= 11 is 0. The number of nitrogen functional groups attached to an aromatic ring is 1. The largest absolute Gasteiger partial charge is 0.395 e. The Bertz CT molecular complexity index is 412. The van der Waals surface area contributed by atoms with Crippen LogP contribution in [0.2, 0.25) is 0 Å². The van der Waals surface area contributed by atoms with Gasteiger partial charge in [0.05, 0.1) is 17.1 Å². The topological polar surface area (TPSA) is 72.5 Å². The molecular weight excluding hydrogens is 166 g/mol. The molecule has 68 valence electrons. The maximum Gasteiger partial charge on any atom is 0.109 e. The zero-order valence-electron chi connectivity index (χ0n) is 7.57. The van der Waals surface area contributed by atoms with Crippen molar-refractivity contribution in [1.29, 1.82) is 0 Å². The minimum atomic E-state index is 0.701. The van der Waals surface area contributed by atoms with Crippen LogP contribution < -0.4 is 5.73 Å². The molecule has 0 radical (unpaired) electrons. The van der Waals surface area contributed by atoms with Crippen LogP contribution in [-0.2, 0) is 7.05 Å². The van der Waals surface area contributed by atoms with E-state index in [-0.39, 0.29) is 0 Å². The lowest BCUT2D eigenvalue weighted by atomic mass is 10.2. The Kier molecular flexibility index (Phi) is 1.58. The van der Waals surface area contributed by atoms with Crippen molar-refractivity contribution in [2.75, 3.05) is 5.73 Å². The molecule has 5 heteroatoms. The van der Waals surface area contributed by atoms with Crippen molar-refractivity contribution in [3.05, 3.63) is 18.0 Å². The van der Waals surface area contributed by atoms with Crippen LogP contribution in [0.3, 0.4) is 0 Å². The van der Waals surface area contributed by atoms with Crippen molar-refractivity contribution in [2.24, 2.45) is 7.05 Å². The fourth-order valence-corrected chi connectivity index (χ4v) is 1.38. The number of nitrogens with zero attached hydrogens (tertiary/aromatic N) is 3. The Balaban J connectivity index is 2.64. The van der Waals surface area contributed by atoms with Gasteiger partial charge in [0.1, 0.15) is 5.69 Å². The first-order valence-electron chi connectivity index (χ1n) is 3.99. The number of H-pyrrole nitrogens is 1. The van der Waals surface area contributed by atoms with E-state index in [1.54, 1.807) is 10.9 Å². The molecule has 2 rings (SSSR count). The third kappa shape index (κ3) is 1.09. The molecule has 2 aromatic heterocycles. The van der Waals surface area contributed by atoms with Crippen molar-refractivity contribution in [3.8, 4) is 11.4 Å². The number of anilines is 1. The maximum atomic E-state index is 5.86. The third-order valence-electron chi connectivity index (χ3n) is 2.02. The molecule has 2 heterocycles. The first-order chi connectivity index (χ1) is 6.20. The predicted octanol–water partition coefficient (Wildman–Crippen LogP) is 0.701. The van der Waals surface area contributed by atoms with Gasteiger partial charge in [-0.1, -0.05) is 0 Å². The van der Waals surface area contributed by atoms with Gasteiger partial charge in [0.15, 0.2) is 0 Å². The molecule has 0 saturated heterocycles. The lowest BCUT2D eigenvalue weighted by molar-refractivity contribution is 0.761. The summed E-state index contributed by atoms with van der Waals surface area (Å²) in [4.78, 5) is 0. The van der Waals surface area contributed by atoms with Crippen LogP contribution in [0.5, 0.6) is 0 Å². The van der Waals surface area contributed by atoms with Gasteiger partial charge in [0.2, 0.25) is 0 Å². The molecule has 0 saturated carbocycles. The van der Waals surface area contributed by atoms with Crippen molar-refractivity contribution >= 4 is 5.69 Å². The van der Waals surface area contributed by atoms with Gasteiger partial charge < -0.3 is 5.73 Å². The molecule has 0 atom stereocenters. The van der Waals surface area contributed by atoms with Gasteiger partial charge in [-0.3, -0.25) is 9.78 Å². The molecule has 0 aliphatic rings. The molecule has 0 aromatic carbocycles. The number of aryl methyl sites for hydroxylation is 2. The van der Waals surface area contributed by atoms with Gasteiger partial charge in [-0.15, -0.1) is 0 Å². The zero-order chi connectivity index (χ0) is 9.42. The summed E-state index contributed by atoms with van der Waals surface area (Å²) in [6.45, 7) is 1.88. The predicted molar refractivity (Wildman–Crippen MR) is 49.9 cm³/mol. The molecule has 13 heavy (non-hydrogen) atoms. The lowest BCUT2D eigenvalue weighted by Gasteiger charge is -1.98. The van der Waals surface area contributed by atoms with Crippen molar-refractivity contribution in [1.82, 2.24) is 20.0 Å². The number of rotatable bonds is 1. The van der Waals surface area contributed by atoms with Gasteiger partial charge in [-0.25, -0.2) is 0 Å². The van der Waals surface area contributed by atoms with Gasteiger partial charge in [-0.2, -0.15) is 10.2 Å². The summed E-state index contributed by atoms with van der Waals surface area (Å²) in [6.07, 6.45) is 1.69. The quantitative estimate of drug-likeness (QED) is 0.673. The van der Waals surface area contributed by atoms with E-state index in [0.29, 0.717) is 5.69 Å². The smallest absolute Gasteiger partial charge is 0.109 e. The second-order valence-electron chi connectivity index (χ2n) is 2.94. The van der Waals surface area contributed by atoms with E-state index in [4.69, 9.17) is 5.73 Å². The lowest BCUT2D eigenvalue weighted by Crippen LogP contribution is -1.95. The Morgan fingerprint density at radius 2 is 2.31 bits per heavy atom. The minimum absolute atomic E-state index is 0.701. The highest BCUT2D eigenvalue weighted by atomic mass is 15.3. The van der Waals surface area contributed by atoms with Crippen LogP contribution in [0.25, 0.3) is 11.4 Å². The van der Waals surface area contributed by atoms with Crippen LogP contribution in [0.1, 0.15) is 5.69 Å². The molecule has 0 amide bonds. The summed E-state index contributed by atoms with van der Waals surface area (Å²) < 4.78 is 1.75. The van der Waals surface area contributed by atoms with E-state index in [0.717, 1.165) is 17.1 Å². The molecular formula is C8H11N5. The minimum Gasteiger partial charge on any atom is -0.395 e. The van der Waals surface area contributed by atoms with E-state index >= 15 is 0 Å². The van der Waals surface area contributed by atoms with E-state index in [1.165, 1.54) is 0 Å². The molecule has 0 bridgehead atoms. The molecule has 0 unspecified atom stereocenters. The van der Waals surface area contributed by atoms with Gasteiger partial charge in [-0.05, 0) is 13.0 Å². The Morgan fingerprint density at radius 3 is 2.77 bits per heavy atom. The first-order valence-corrected chi connectivity index (χ1v) is 3.99. The molecule has 3 N–H and O–H groups in total. The van der Waals surface area contributed by atoms with Crippen LogP contribution in [-0.4, -0.2) is 20.0 Å². The van der Waals surface area contributed by atoms with Crippen LogP contribution in [0.15, 0.2) is 12.3 Å². The van der Waals surface area contributed by atoms with Crippen molar-refractivity contribution in [3.63, 3.8) is 0 Å². The highest BCUT2D eigenvalue weighted by Crippen LogP contribution is 2.25. The Morgan fingerprint density at radius 1 is 1.54 bits per heavy atom. The van der Waals surface area contributed by atoms with Crippen molar-refractivity contribution < 1.29 is 0 Å². The highest BCUT2D eigenvalue weighted by Gasteiger charge is 2.12. The highest BCUT2D eigenvalue weighted by molar-refractivity contribution is 5.71. The Labute approximate surface area is 75.6 Å². The van der Waals surface area contributed by atoms with Crippen LogP contribution in [0, 0.1) is 6.92 Å². The van der Waals surface area contributed by atoms with Crippen LogP contribution >= 0.6 is 0 Å². The Hall–Kier alpha value is -1.78. The summed E-state index contributed by atoms with van der Waals surface area (Å²) in [6, 6.07) is 1.87. The fraction of sp³-hybridized carbons (Fsp3) is 0.250. The standard InChI is InChI=1S/C8H11N5/c1-5-7(9)8(13(2)12-5)6-3-4-10-11-6/h3-4H,9H2,1-2H3,(H,10,11). The van der Waals surface area contributed by atoms with E-state index in [9.17, 15) is 0 Å². The number of hydrogen-bond donors (Lipinski definition) is 2. The van der Waals surface area contributed by atoms with Crippen LogP contribution in [0.4, 0.5) is 5.69 Å².